The van der Waals surface area contributed by atoms with Gasteiger partial charge in [-0.3, -0.25) is 4.79 Å². The molecule has 90 valence electrons. The first-order chi connectivity index (χ1) is 8.06. The second kappa shape index (κ2) is 5.79. The minimum absolute atomic E-state index is 0.0593. The Morgan fingerprint density at radius 1 is 1.29 bits per heavy atom. The number of benzene rings is 1. The van der Waals surface area contributed by atoms with Crippen molar-refractivity contribution in [3.8, 4) is 5.75 Å². The van der Waals surface area contributed by atoms with Gasteiger partial charge in [-0.25, -0.2) is 0 Å². The van der Waals surface area contributed by atoms with Crippen LogP contribution in [0.5, 0.6) is 5.75 Å². The Bertz CT molecular complexity index is 474. The van der Waals surface area contributed by atoms with Gasteiger partial charge in [0.25, 0.3) is 0 Å². The van der Waals surface area contributed by atoms with Crippen LogP contribution >= 0.6 is 0 Å². The zero-order chi connectivity index (χ0) is 12.8. The molecular weight excluding hydrogens is 220 g/mol. The zero-order valence-electron chi connectivity index (χ0n) is 9.97. The van der Waals surface area contributed by atoms with E-state index in [1.165, 1.54) is 21.0 Å². The molecule has 0 aliphatic rings. The van der Waals surface area contributed by atoms with Crippen LogP contribution < -0.4 is 4.74 Å². The standard InChI is InChI=1S/C12H14N2O3/c1-8(15)12(9(2)16)14-13-10-6-4-5-7-11(10)17-3/h4-7,15H,1-3H3. The Kier molecular flexibility index (Phi) is 4.39. The van der Waals surface area contributed by atoms with Crippen LogP contribution in [0.3, 0.4) is 0 Å². The van der Waals surface area contributed by atoms with Gasteiger partial charge in [0.15, 0.2) is 11.5 Å². The molecule has 0 saturated heterocycles. The highest BCUT2D eigenvalue weighted by atomic mass is 16.5. The van der Waals surface area contributed by atoms with Crippen molar-refractivity contribution < 1.29 is 14.6 Å². The molecule has 1 rings (SSSR count). The summed E-state index contributed by atoms with van der Waals surface area (Å²) in [6.07, 6.45) is 0. The first kappa shape index (κ1) is 12.9. The van der Waals surface area contributed by atoms with Gasteiger partial charge in [-0.2, -0.15) is 0 Å². The lowest BCUT2D eigenvalue weighted by Crippen LogP contribution is -1.96. The monoisotopic (exact) mass is 234 g/mol. The van der Waals surface area contributed by atoms with Crippen LogP contribution in [0.25, 0.3) is 0 Å². The third-order valence-corrected chi connectivity index (χ3v) is 2.02. The summed E-state index contributed by atoms with van der Waals surface area (Å²) in [5, 5.41) is 16.9. The number of aliphatic hydroxyl groups excluding tert-OH is 1. The van der Waals surface area contributed by atoms with E-state index in [0.717, 1.165) is 0 Å². The fourth-order valence-electron chi connectivity index (χ4n) is 1.21. The van der Waals surface area contributed by atoms with Gasteiger partial charge in [0.1, 0.15) is 17.2 Å². The number of rotatable bonds is 4. The maximum absolute atomic E-state index is 11.2. The number of ether oxygens (including phenoxy) is 1. The number of ketones is 1. The number of carbonyl (C=O) groups excluding carboxylic acids is 1. The number of carbonyl (C=O) groups is 1. The van der Waals surface area contributed by atoms with Gasteiger partial charge in [0.2, 0.25) is 0 Å². The van der Waals surface area contributed by atoms with Gasteiger partial charge in [0.05, 0.1) is 7.11 Å². The van der Waals surface area contributed by atoms with E-state index in [2.05, 4.69) is 10.2 Å². The van der Waals surface area contributed by atoms with Gasteiger partial charge in [0, 0.05) is 6.92 Å². The van der Waals surface area contributed by atoms with Crippen LogP contribution in [0.1, 0.15) is 13.8 Å². The van der Waals surface area contributed by atoms with Gasteiger partial charge < -0.3 is 9.84 Å². The van der Waals surface area contributed by atoms with E-state index in [-0.39, 0.29) is 17.2 Å². The number of para-hydroxylation sites is 1. The Morgan fingerprint density at radius 2 is 1.94 bits per heavy atom. The van der Waals surface area contributed by atoms with Crippen LogP contribution in [-0.4, -0.2) is 18.0 Å². The minimum atomic E-state index is -0.344. The Morgan fingerprint density at radius 3 is 2.47 bits per heavy atom. The first-order valence-corrected chi connectivity index (χ1v) is 5.01. The number of hydrogen-bond acceptors (Lipinski definition) is 5. The second-order valence-corrected chi connectivity index (χ2v) is 3.36. The molecular formula is C12H14N2O3. The molecule has 0 aromatic heterocycles. The molecule has 0 aliphatic carbocycles. The van der Waals surface area contributed by atoms with Crippen molar-refractivity contribution in [2.24, 2.45) is 10.2 Å². The lowest BCUT2D eigenvalue weighted by atomic mass is 10.3. The van der Waals surface area contributed by atoms with Crippen molar-refractivity contribution in [2.75, 3.05) is 7.11 Å². The highest BCUT2D eigenvalue weighted by Crippen LogP contribution is 2.27. The van der Waals surface area contributed by atoms with E-state index in [1.807, 2.05) is 0 Å². The molecule has 0 saturated carbocycles. The molecule has 1 aromatic rings. The number of azo groups is 1. The van der Waals surface area contributed by atoms with Gasteiger partial charge in [-0.1, -0.05) is 12.1 Å². The fourth-order valence-corrected chi connectivity index (χ4v) is 1.21. The van der Waals surface area contributed by atoms with Crippen LogP contribution in [0.2, 0.25) is 0 Å². The largest absolute Gasteiger partial charge is 0.510 e. The third-order valence-electron chi connectivity index (χ3n) is 2.02. The van der Waals surface area contributed by atoms with E-state index >= 15 is 0 Å². The average molecular weight is 234 g/mol. The fraction of sp³-hybridized carbons (Fsp3) is 0.250. The molecule has 0 spiro atoms. The normalized spacial score (nSPS) is 12.4. The summed E-state index contributed by atoms with van der Waals surface area (Å²) in [5.74, 6) is 0.0505. The van der Waals surface area contributed by atoms with E-state index < -0.39 is 0 Å². The predicted molar refractivity (Wildman–Crippen MR) is 63.5 cm³/mol. The van der Waals surface area contributed by atoms with Crippen molar-refractivity contribution in [3.63, 3.8) is 0 Å². The van der Waals surface area contributed by atoms with Crippen molar-refractivity contribution in [3.05, 3.63) is 35.7 Å². The van der Waals surface area contributed by atoms with Crippen LogP contribution in [-0.2, 0) is 4.79 Å². The number of nitrogens with zero attached hydrogens (tertiary/aromatic N) is 2. The predicted octanol–water partition coefficient (Wildman–Crippen LogP) is 3.16. The molecule has 0 heterocycles. The number of Topliss-reactive ketones (excluding diaryl/α,β-unsaturated/α-hetero) is 1. The topological polar surface area (TPSA) is 71.2 Å². The van der Waals surface area contributed by atoms with Gasteiger partial charge in [-0.15, -0.1) is 10.2 Å². The molecule has 1 aromatic carbocycles. The summed E-state index contributed by atoms with van der Waals surface area (Å²) < 4.78 is 5.08. The van der Waals surface area contributed by atoms with Crippen molar-refractivity contribution >= 4 is 11.5 Å². The number of aliphatic hydroxyl groups is 1. The maximum atomic E-state index is 11.2. The molecule has 0 bridgehead atoms. The van der Waals surface area contributed by atoms with Crippen molar-refractivity contribution in [2.45, 2.75) is 13.8 Å². The molecule has 0 amide bonds. The smallest absolute Gasteiger partial charge is 0.183 e. The summed E-state index contributed by atoms with van der Waals surface area (Å²) >= 11 is 0. The average Bonchev–Trinajstić information content (AvgIpc) is 2.29. The lowest BCUT2D eigenvalue weighted by molar-refractivity contribution is -0.113. The Labute approximate surface area is 99.4 Å². The summed E-state index contributed by atoms with van der Waals surface area (Å²) in [5.41, 5.74) is 0.436. The van der Waals surface area contributed by atoms with E-state index in [1.54, 1.807) is 24.3 Å². The van der Waals surface area contributed by atoms with Crippen LogP contribution in [0, 0.1) is 0 Å². The number of methoxy groups -OCH3 is 1. The maximum Gasteiger partial charge on any atom is 0.183 e. The second-order valence-electron chi connectivity index (χ2n) is 3.36. The number of allylic oxidation sites excluding steroid dienone is 2. The molecule has 0 atom stereocenters. The van der Waals surface area contributed by atoms with E-state index in [9.17, 15) is 9.90 Å². The highest BCUT2D eigenvalue weighted by Gasteiger charge is 2.07. The van der Waals surface area contributed by atoms with Crippen molar-refractivity contribution in [1.29, 1.82) is 0 Å². The SMILES string of the molecule is COc1ccccc1N=NC(C(C)=O)=C(C)O. The Hall–Kier alpha value is -2.17. The molecule has 0 radical (unpaired) electrons. The first-order valence-electron chi connectivity index (χ1n) is 5.01. The van der Waals surface area contributed by atoms with Crippen molar-refractivity contribution in [1.82, 2.24) is 0 Å². The molecule has 0 fully saturated rings. The Balaban J connectivity index is 3.05. The lowest BCUT2D eigenvalue weighted by Gasteiger charge is -2.02. The van der Waals surface area contributed by atoms with Crippen LogP contribution in [0.4, 0.5) is 5.69 Å². The molecule has 0 unspecified atom stereocenters. The quantitative estimate of drug-likeness (QED) is 0.494. The zero-order valence-corrected chi connectivity index (χ0v) is 9.97. The van der Waals surface area contributed by atoms with E-state index in [4.69, 9.17) is 4.74 Å². The molecule has 0 aliphatic heterocycles. The van der Waals surface area contributed by atoms with Crippen LogP contribution in [0.15, 0.2) is 46.0 Å². The van der Waals surface area contributed by atoms with E-state index in [0.29, 0.717) is 11.4 Å². The van der Waals surface area contributed by atoms with Gasteiger partial charge >= 0.3 is 0 Å². The number of hydrogen-bond donors (Lipinski definition) is 1. The molecule has 5 heteroatoms. The summed E-state index contributed by atoms with van der Waals surface area (Å²) in [4.78, 5) is 11.2. The summed E-state index contributed by atoms with van der Waals surface area (Å²) in [6.45, 7) is 2.70. The summed E-state index contributed by atoms with van der Waals surface area (Å²) in [6, 6.07) is 7.01. The third kappa shape index (κ3) is 3.41. The van der Waals surface area contributed by atoms with Gasteiger partial charge in [-0.05, 0) is 19.1 Å². The minimum Gasteiger partial charge on any atom is -0.510 e. The molecule has 17 heavy (non-hydrogen) atoms. The summed E-state index contributed by atoms with van der Waals surface area (Å²) in [7, 11) is 1.52. The highest BCUT2D eigenvalue weighted by molar-refractivity contribution is 5.93. The molecule has 5 nitrogen and oxygen atoms in total. The molecule has 1 N–H and O–H groups in total.